The first-order valence-electron chi connectivity index (χ1n) is 5.52. The van der Waals surface area contributed by atoms with E-state index >= 15 is 0 Å². The smallest absolute Gasteiger partial charge is 0.174 e. The maximum atomic E-state index is 4.19. The summed E-state index contributed by atoms with van der Waals surface area (Å²) in [6, 6.07) is 1.55. The van der Waals surface area contributed by atoms with Crippen LogP contribution in [0.2, 0.25) is 0 Å². The molecule has 2 aliphatic heterocycles. The molecule has 2 fully saturated rings. The van der Waals surface area contributed by atoms with E-state index < -0.39 is 0 Å². The van der Waals surface area contributed by atoms with E-state index in [1.54, 1.807) is 11.3 Å². The molecule has 3 nitrogen and oxygen atoms in total. The molecule has 1 aromatic heterocycles. The molecule has 2 saturated heterocycles. The predicted octanol–water partition coefficient (Wildman–Crippen LogP) is 2.22. The second-order valence-corrected chi connectivity index (χ2v) is 7.17. The molecule has 0 amide bonds. The SMILES string of the molecule is Cc1nnc(SC2C[C@@H]3CC[C@@H](C2)N3)s1. The monoisotopic (exact) mass is 241 g/mol. The summed E-state index contributed by atoms with van der Waals surface area (Å²) >= 11 is 3.66. The Kier molecular flexibility index (Phi) is 2.70. The molecule has 2 aliphatic rings. The molecule has 2 bridgehead atoms. The van der Waals surface area contributed by atoms with Crippen LogP contribution in [0.25, 0.3) is 0 Å². The highest BCUT2D eigenvalue weighted by Crippen LogP contribution is 2.37. The third-order valence-electron chi connectivity index (χ3n) is 3.20. The summed E-state index contributed by atoms with van der Waals surface area (Å²) in [6.45, 7) is 2.02. The van der Waals surface area contributed by atoms with Crippen molar-refractivity contribution >= 4 is 23.1 Å². The summed E-state index contributed by atoms with van der Waals surface area (Å²) in [6.07, 6.45) is 5.35. The van der Waals surface area contributed by atoms with Crippen molar-refractivity contribution in [3.8, 4) is 0 Å². The summed E-state index contributed by atoms with van der Waals surface area (Å²) in [5.74, 6) is 0. The molecule has 1 aromatic rings. The van der Waals surface area contributed by atoms with Crippen LogP contribution in [0.3, 0.4) is 0 Å². The van der Waals surface area contributed by atoms with Crippen LogP contribution in [-0.4, -0.2) is 27.5 Å². The van der Waals surface area contributed by atoms with Gasteiger partial charge in [0.25, 0.3) is 0 Å². The molecule has 0 aromatic carbocycles. The van der Waals surface area contributed by atoms with Crippen molar-refractivity contribution in [2.75, 3.05) is 0 Å². The highest BCUT2D eigenvalue weighted by molar-refractivity contribution is 8.01. The van der Waals surface area contributed by atoms with Crippen molar-refractivity contribution in [1.82, 2.24) is 15.5 Å². The van der Waals surface area contributed by atoms with Gasteiger partial charge in [-0.15, -0.1) is 10.2 Å². The van der Waals surface area contributed by atoms with Crippen molar-refractivity contribution in [3.63, 3.8) is 0 Å². The Balaban J connectivity index is 1.64. The standard InChI is InChI=1S/C10H15N3S2/c1-6-12-13-10(14-6)15-9-4-7-2-3-8(5-9)11-7/h7-9,11H,2-5H2,1H3/t7-,8-/m0/s1. The first kappa shape index (κ1) is 10.1. The van der Waals surface area contributed by atoms with E-state index in [0.29, 0.717) is 0 Å². The second-order valence-electron chi connectivity index (χ2n) is 4.44. The topological polar surface area (TPSA) is 37.8 Å². The van der Waals surface area contributed by atoms with E-state index in [1.807, 2.05) is 18.7 Å². The van der Waals surface area contributed by atoms with Gasteiger partial charge in [-0.05, 0) is 32.6 Å². The minimum atomic E-state index is 0.760. The van der Waals surface area contributed by atoms with E-state index in [1.165, 1.54) is 25.7 Å². The van der Waals surface area contributed by atoms with Crippen molar-refractivity contribution in [1.29, 1.82) is 0 Å². The van der Waals surface area contributed by atoms with Gasteiger partial charge in [0.15, 0.2) is 4.34 Å². The van der Waals surface area contributed by atoms with Crippen LogP contribution < -0.4 is 5.32 Å². The molecule has 0 unspecified atom stereocenters. The largest absolute Gasteiger partial charge is 0.311 e. The van der Waals surface area contributed by atoms with Gasteiger partial charge in [0.2, 0.25) is 0 Å². The number of hydrogen-bond donors (Lipinski definition) is 1. The van der Waals surface area contributed by atoms with Crippen molar-refractivity contribution in [2.24, 2.45) is 0 Å². The highest BCUT2D eigenvalue weighted by atomic mass is 32.2. The van der Waals surface area contributed by atoms with Gasteiger partial charge >= 0.3 is 0 Å². The number of aromatic nitrogens is 2. The second kappa shape index (κ2) is 4.03. The van der Waals surface area contributed by atoms with Crippen LogP contribution in [0.5, 0.6) is 0 Å². The first-order chi connectivity index (χ1) is 7.29. The van der Waals surface area contributed by atoms with Crippen LogP contribution in [0.15, 0.2) is 4.34 Å². The van der Waals surface area contributed by atoms with Gasteiger partial charge in [-0.25, -0.2) is 0 Å². The number of nitrogens with zero attached hydrogens (tertiary/aromatic N) is 2. The normalized spacial score (nSPS) is 34.6. The van der Waals surface area contributed by atoms with E-state index in [0.717, 1.165) is 26.7 Å². The zero-order valence-corrected chi connectivity index (χ0v) is 10.4. The van der Waals surface area contributed by atoms with Gasteiger partial charge in [-0.3, -0.25) is 0 Å². The van der Waals surface area contributed by atoms with Gasteiger partial charge in [-0.2, -0.15) is 0 Å². The molecule has 2 atom stereocenters. The Hall–Kier alpha value is -0.130. The van der Waals surface area contributed by atoms with E-state index in [-0.39, 0.29) is 0 Å². The average Bonchev–Trinajstić information content (AvgIpc) is 2.74. The number of aryl methyl sites for hydroxylation is 1. The van der Waals surface area contributed by atoms with Gasteiger partial charge < -0.3 is 5.32 Å². The fourth-order valence-corrected chi connectivity index (χ4v) is 4.98. The molecule has 0 spiro atoms. The third-order valence-corrected chi connectivity index (χ3v) is 5.38. The fourth-order valence-electron chi connectivity index (χ4n) is 2.57. The first-order valence-corrected chi connectivity index (χ1v) is 7.22. The minimum absolute atomic E-state index is 0.760. The molecule has 3 rings (SSSR count). The molecule has 82 valence electrons. The lowest BCUT2D eigenvalue weighted by Crippen LogP contribution is -2.39. The number of thioether (sulfide) groups is 1. The number of fused-ring (bicyclic) bond motifs is 2. The maximum Gasteiger partial charge on any atom is 0.174 e. The lowest BCUT2D eigenvalue weighted by atomic mass is 10.1. The molecule has 0 aliphatic carbocycles. The summed E-state index contributed by atoms with van der Waals surface area (Å²) in [5.41, 5.74) is 0. The van der Waals surface area contributed by atoms with Crippen molar-refractivity contribution in [3.05, 3.63) is 5.01 Å². The lowest BCUT2D eigenvalue weighted by Gasteiger charge is -2.27. The van der Waals surface area contributed by atoms with Crippen molar-refractivity contribution in [2.45, 2.75) is 54.3 Å². The summed E-state index contributed by atoms with van der Waals surface area (Å²) in [4.78, 5) is 0. The third kappa shape index (κ3) is 2.19. The number of nitrogens with one attached hydrogen (secondary N) is 1. The average molecular weight is 241 g/mol. The Morgan fingerprint density at radius 2 is 2.00 bits per heavy atom. The maximum absolute atomic E-state index is 4.19. The van der Waals surface area contributed by atoms with E-state index in [4.69, 9.17) is 0 Å². The quantitative estimate of drug-likeness (QED) is 0.861. The van der Waals surface area contributed by atoms with Crippen molar-refractivity contribution < 1.29 is 0 Å². The van der Waals surface area contributed by atoms with E-state index in [9.17, 15) is 0 Å². The van der Waals surface area contributed by atoms with E-state index in [2.05, 4.69) is 15.5 Å². The molecule has 0 radical (unpaired) electrons. The predicted molar refractivity (Wildman–Crippen MR) is 63.5 cm³/mol. The zero-order valence-electron chi connectivity index (χ0n) is 8.77. The van der Waals surface area contributed by atoms with Crippen LogP contribution in [0.4, 0.5) is 0 Å². The van der Waals surface area contributed by atoms with Crippen LogP contribution in [-0.2, 0) is 0 Å². The molecule has 15 heavy (non-hydrogen) atoms. The van der Waals surface area contributed by atoms with Gasteiger partial charge in [-0.1, -0.05) is 23.1 Å². The van der Waals surface area contributed by atoms with Gasteiger partial charge in [0.1, 0.15) is 5.01 Å². The lowest BCUT2D eigenvalue weighted by molar-refractivity contribution is 0.415. The summed E-state index contributed by atoms with van der Waals surface area (Å²) in [5, 5.41) is 13.8. The fraction of sp³-hybridized carbons (Fsp3) is 0.800. The molecular formula is C10H15N3S2. The Bertz CT molecular complexity index is 340. The molecule has 3 heterocycles. The Morgan fingerprint density at radius 3 is 2.60 bits per heavy atom. The summed E-state index contributed by atoms with van der Waals surface area (Å²) < 4.78 is 1.15. The van der Waals surface area contributed by atoms with Crippen LogP contribution in [0.1, 0.15) is 30.7 Å². The molecular weight excluding hydrogens is 226 g/mol. The number of piperidine rings is 1. The highest BCUT2D eigenvalue weighted by Gasteiger charge is 2.34. The Labute approximate surface area is 98.1 Å². The Morgan fingerprint density at radius 1 is 1.27 bits per heavy atom. The molecule has 0 saturated carbocycles. The molecule has 5 heteroatoms. The van der Waals surface area contributed by atoms with Gasteiger partial charge in [0, 0.05) is 17.3 Å². The summed E-state index contributed by atoms with van der Waals surface area (Å²) in [7, 11) is 0. The molecule has 1 N–H and O–H groups in total. The van der Waals surface area contributed by atoms with Crippen LogP contribution in [0, 0.1) is 6.92 Å². The minimum Gasteiger partial charge on any atom is -0.311 e. The van der Waals surface area contributed by atoms with Crippen LogP contribution >= 0.6 is 23.1 Å². The zero-order chi connectivity index (χ0) is 10.3. The van der Waals surface area contributed by atoms with Gasteiger partial charge in [0.05, 0.1) is 0 Å². The number of rotatable bonds is 2. The number of hydrogen-bond acceptors (Lipinski definition) is 5.